The molecular formula is C22H25ClN4O. The number of nitriles is 1. The van der Waals surface area contributed by atoms with Crippen LogP contribution in [-0.4, -0.2) is 49.2 Å². The van der Waals surface area contributed by atoms with Crippen LogP contribution in [0.1, 0.15) is 29.7 Å². The number of benzene rings is 1. The second kappa shape index (κ2) is 8.81. The number of fused-ring (bicyclic) bond motifs is 1. The normalized spacial score (nSPS) is 17.1. The third kappa shape index (κ3) is 4.40. The molecule has 5 nitrogen and oxygen atoms in total. The number of ether oxygens (including phenoxy) is 1. The summed E-state index contributed by atoms with van der Waals surface area (Å²) in [4.78, 5) is 9.56. The van der Waals surface area contributed by atoms with E-state index in [-0.39, 0.29) is 0 Å². The molecule has 146 valence electrons. The van der Waals surface area contributed by atoms with Gasteiger partial charge in [0.15, 0.2) is 0 Å². The molecule has 1 fully saturated rings. The van der Waals surface area contributed by atoms with Crippen LogP contribution >= 0.6 is 11.6 Å². The van der Waals surface area contributed by atoms with E-state index in [1.54, 1.807) is 0 Å². The van der Waals surface area contributed by atoms with E-state index in [0.717, 1.165) is 67.7 Å². The Morgan fingerprint density at radius 1 is 1.07 bits per heavy atom. The predicted molar refractivity (Wildman–Crippen MR) is 111 cm³/mol. The van der Waals surface area contributed by atoms with Crippen molar-refractivity contribution in [3.8, 4) is 11.8 Å². The summed E-state index contributed by atoms with van der Waals surface area (Å²) >= 11 is 5.90. The summed E-state index contributed by atoms with van der Waals surface area (Å²) in [6.45, 7) is 5.23. The molecule has 2 aliphatic rings. The van der Waals surface area contributed by atoms with Crippen LogP contribution in [-0.2, 0) is 12.8 Å². The quantitative estimate of drug-likeness (QED) is 0.771. The number of piperazine rings is 1. The zero-order valence-electron chi connectivity index (χ0n) is 16.0. The van der Waals surface area contributed by atoms with Crippen molar-refractivity contribution in [2.24, 2.45) is 0 Å². The number of aryl methyl sites for hydroxylation is 2. The summed E-state index contributed by atoms with van der Waals surface area (Å²) in [7, 11) is 0. The van der Waals surface area contributed by atoms with Gasteiger partial charge in [-0.15, -0.1) is 0 Å². The lowest BCUT2D eigenvalue weighted by atomic mass is 9.95. The van der Waals surface area contributed by atoms with Crippen molar-refractivity contribution in [3.05, 3.63) is 52.2 Å². The van der Waals surface area contributed by atoms with Gasteiger partial charge >= 0.3 is 0 Å². The van der Waals surface area contributed by atoms with Crippen LogP contribution in [0.3, 0.4) is 0 Å². The predicted octanol–water partition coefficient (Wildman–Crippen LogP) is 3.69. The first kappa shape index (κ1) is 19.0. The molecule has 1 saturated heterocycles. The van der Waals surface area contributed by atoms with Crippen molar-refractivity contribution in [3.63, 3.8) is 0 Å². The van der Waals surface area contributed by atoms with Gasteiger partial charge in [0.05, 0.1) is 5.56 Å². The maximum absolute atomic E-state index is 9.59. The zero-order chi connectivity index (χ0) is 19.3. The van der Waals surface area contributed by atoms with Gasteiger partial charge in [0.25, 0.3) is 0 Å². The number of halogens is 1. The van der Waals surface area contributed by atoms with Crippen molar-refractivity contribution >= 4 is 17.4 Å². The zero-order valence-corrected chi connectivity index (χ0v) is 16.8. The molecule has 1 aliphatic carbocycles. The van der Waals surface area contributed by atoms with Gasteiger partial charge in [-0.25, -0.2) is 4.98 Å². The van der Waals surface area contributed by atoms with Crippen molar-refractivity contribution in [2.45, 2.75) is 25.7 Å². The fraction of sp³-hybridized carbons (Fsp3) is 0.455. The molecule has 1 aromatic carbocycles. The van der Waals surface area contributed by atoms with Crippen LogP contribution in [0, 0.1) is 11.3 Å². The molecule has 1 aliphatic heterocycles. The van der Waals surface area contributed by atoms with Crippen LogP contribution in [0.4, 0.5) is 5.82 Å². The van der Waals surface area contributed by atoms with Crippen LogP contribution < -0.4 is 9.64 Å². The average molecular weight is 397 g/mol. The molecule has 0 spiro atoms. The third-order valence-corrected chi connectivity index (χ3v) is 5.81. The minimum Gasteiger partial charge on any atom is -0.492 e. The first-order chi connectivity index (χ1) is 13.7. The van der Waals surface area contributed by atoms with Crippen LogP contribution in [0.5, 0.6) is 5.75 Å². The lowest BCUT2D eigenvalue weighted by Gasteiger charge is -2.36. The van der Waals surface area contributed by atoms with E-state index < -0.39 is 0 Å². The van der Waals surface area contributed by atoms with Gasteiger partial charge in [0.1, 0.15) is 24.2 Å². The lowest BCUT2D eigenvalue weighted by Crippen LogP contribution is -2.48. The first-order valence-electron chi connectivity index (χ1n) is 10.0. The van der Waals surface area contributed by atoms with Gasteiger partial charge in [-0.3, -0.25) is 4.90 Å². The summed E-state index contributed by atoms with van der Waals surface area (Å²) in [6, 6.07) is 11.9. The van der Waals surface area contributed by atoms with E-state index in [2.05, 4.69) is 21.9 Å². The molecule has 0 amide bonds. The molecule has 0 saturated carbocycles. The van der Waals surface area contributed by atoms with Crippen LogP contribution in [0.25, 0.3) is 0 Å². The van der Waals surface area contributed by atoms with Gasteiger partial charge in [0.2, 0.25) is 0 Å². The Morgan fingerprint density at radius 2 is 1.82 bits per heavy atom. The van der Waals surface area contributed by atoms with E-state index >= 15 is 0 Å². The number of pyridine rings is 1. The summed E-state index contributed by atoms with van der Waals surface area (Å²) in [5.74, 6) is 1.72. The fourth-order valence-electron chi connectivity index (χ4n) is 3.95. The second-order valence-corrected chi connectivity index (χ2v) is 7.85. The molecule has 0 unspecified atom stereocenters. The number of anilines is 1. The van der Waals surface area contributed by atoms with Crippen molar-refractivity contribution in [1.29, 1.82) is 5.26 Å². The number of rotatable bonds is 5. The molecule has 0 atom stereocenters. The van der Waals surface area contributed by atoms with Crippen LogP contribution in [0.2, 0.25) is 5.02 Å². The smallest absolute Gasteiger partial charge is 0.146 e. The van der Waals surface area contributed by atoms with E-state index in [9.17, 15) is 5.26 Å². The van der Waals surface area contributed by atoms with E-state index in [1.165, 1.54) is 24.1 Å². The fourth-order valence-corrected chi connectivity index (χ4v) is 4.08. The molecule has 0 N–H and O–H groups in total. The Balaban J connectivity index is 1.31. The monoisotopic (exact) mass is 396 g/mol. The van der Waals surface area contributed by atoms with Crippen molar-refractivity contribution in [2.75, 3.05) is 44.2 Å². The minimum atomic E-state index is 0.655. The summed E-state index contributed by atoms with van der Waals surface area (Å²) in [5, 5.41) is 10.3. The van der Waals surface area contributed by atoms with Crippen LogP contribution in [0.15, 0.2) is 30.3 Å². The standard InChI is InChI=1S/C22H25ClN4O/c23-19-5-7-20(8-6-19)28-14-13-26-9-11-27(12-10-26)22-18(16-24)15-17-3-1-2-4-21(17)25-22/h5-8,15H,1-4,9-14H2. The van der Waals surface area contributed by atoms with E-state index in [4.69, 9.17) is 21.3 Å². The Labute approximate surface area is 171 Å². The highest BCUT2D eigenvalue weighted by atomic mass is 35.5. The van der Waals surface area contributed by atoms with Gasteiger partial charge in [0, 0.05) is 43.4 Å². The summed E-state index contributed by atoms with van der Waals surface area (Å²) in [5.41, 5.74) is 3.18. The highest BCUT2D eigenvalue weighted by molar-refractivity contribution is 6.30. The maximum atomic E-state index is 9.59. The minimum absolute atomic E-state index is 0.655. The number of hydrogen-bond acceptors (Lipinski definition) is 5. The number of aromatic nitrogens is 1. The molecule has 2 aromatic rings. The van der Waals surface area contributed by atoms with Crippen molar-refractivity contribution in [1.82, 2.24) is 9.88 Å². The molecule has 28 heavy (non-hydrogen) atoms. The topological polar surface area (TPSA) is 52.4 Å². The SMILES string of the molecule is N#Cc1cc2c(nc1N1CCN(CCOc3ccc(Cl)cc3)CC1)CCCC2. The first-order valence-corrected chi connectivity index (χ1v) is 10.4. The lowest BCUT2D eigenvalue weighted by molar-refractivity contribution is 0.200. The molecule has 4 rings (SSSR count). The Hall–Kier alpha value is -2.29. The average Bonchev–Trinajstić information content (AvgIpc) is 2.74. The molecule has 0 radical (unpaired) electrons. The molecular weight excluding hydrogens is 372 g/mol. The Bertz CT molecular complexity index is 854. The van der Waals surface area contributed by atoms with E-state index in [1.807, 2.05) is 24.3 Å². The highest BCUT2D eigenvalue weighted by Gasteiger charge is 2.23. The summed E-state index contributed by atoms with van der Waals surface area (Å²) in [6.07, 6.45) is 4.50. The van der Waals surface area contributed by atoms with Gasteiger partial charge in [-0.05, 0) is 61.6 Å². The highest BCUT2D eigenvalue weighted by Crippen LogP contribution is 2.27. The summed E-state index contributed by atoms with van der Waals surface area (Å²) < 4.78 is 5.80. The molecule has 2 heterocycles. The van der Waals surface area contributed by atoms with Gasteiger partial charge < -0.3 is 9.64 Å². The molecule has 0 bridgehead atoms. The largest absolute Gasteiger partial charge is 0.492 e. The van der Waals surface area contributed by atoms with E-state index in [0.29, 0.717) is 6.61 Å². The maximum Gasteiger partial charge on any atom is 0.146 e. The third-order valence-electron chi connectivity index (χ3n) is 5.56. The Kier molecular flexibility index (Phi) is 5.99. The second-order valence-electron chi connectivity index (χ2n) is 7.42. The van der Waals surface area contributed by atoms with Gasteiger partial charge in [-0.2, -0.15) is 5.26 Å². The van der Waals surface area contributed by atoms with Gasteiger partial charge in [-0.1, -0.05) is 11.6 Å². The molecule has 6 heteroatoms. The number of nitrogens with zero attached hydrogens (tertiary/aromatic N) is 4. The Morgan fingerprint density at radius 3 is 2.57 bits per heavy atom. The molecule has 1 aromatic heterocycles. The van der Waals surface area contributed by atoms with Crippen molar-refractivity contribution < 1.29 is 4.74 Å². The number of hydrogen-bond donors (Lipinski definition) is 0.